The molecule has 1 fully saturated rings. The van der Waals surface area contributed by atoms with E-state index in [2.05, 4.69) is 0 Å². The van der Waals surface area contributed by atoms with E-state index in [0.29, 0.717) is 10.6 Å². The minimum atomic E-state index is -1.28. The van der Waals surface area contributed by atoms with Crippen LogP contribution < -0.4 is 4.90 Å². The highest BCUT2D eigenvalue weighted by Gasteiger charge is 2.73. The van der Waals surface area contributed by atoms with Crippen molar-refractivity contribution in [2.45, 2.75) is 9.75 Å². The van der Waals surface area contributed by atoms with Crippen molar-refractivity contribution in [1.82, 2.24) is 0 Å². The molecule has 4 aliphatic rings. The van der Waals surface area contributed by atoms with Crippen LogP contribution in [0, 0.1) is 11.8 Å². The van der Waals surface area contributed by atoms with Crippen LogP contribution in [0.25, 0.3) is 0 Å². The molecular weight excluding hydrogens is 597 g/mol. The van der Waals surface area contributed by atoms with E-state index in [1.165, 1.54) is 24.3 Å². The highest BCUT2D eigenvalue weighted by Crippen LogP contribution is 2.69. The third kappa shape index (κ3) is 3.59. The Bertz CT molecular complexity index is 1700. The van der Waals surface area contributed by atoms with E-state index in [1.807, 2.05) is 48.5 Å². The highest BCUT2D eigenvalue weighted by molar-refractivity contribution is 6.38. The first-order valence-corrected chi connectivity index (χ1v) is 14.3. The van der Waals surface area contributed by atoms with Crippen LogP contribution in [0.3, 0.4) is 0 Å². The first-order valence-electron chi connectivity index (χ1n) is 13.2. The van der Waals surface area contributed by atoms with Crippen molar-refractivity contribution >= 4 is 64.1 Å². The summed E-state index contributed by atoms with van der Waals surface area (Å²) >= 11 is 20.8. The number of alkyl halides is 2. The van der Waals surface area contributed by atoms with Crippen molar-refractivity contribution < 1.29 is 23.9 Å². The number of anilines is 1. The molecule has 208 valence electrons. The van der Waals surface area contributed by atoms with Gasteiger partial charge in [-0.25, -0.2) is 9.69 Å². The number of imide groups is 1. The Balaban J connectivity index is 1.18. The van der Waals surface area contributed by atoms with E-state index in [9.17, 15) is 19.2 Å². The van der Waals surface area contributed by atoms with Gasteiger partial charge in [-0.3, -0.25) is 14.4 Å². The molecule has 6 nitrogen and oxygen atoms in total. The maximum Gasteiger partial charge on any atom is 0.338 e. The van der Waals surface area contributed by atoms with Gasteiger partial charge in [0.05, 0.1) is 23.1 Å². The number of esters is 1. The molecule has 2 amide bonds. The molecule has 3 aliphatic carbocycles. The average Bonchev–Trinajstić information content (AvgIpc) is 3.29. The number of nitrogens with zero attached hydrogens (tertiary/aromatic N) is 1. The van der Waals surface area contributed by atoms with Gasteiger partial charge in [0, 0.05) is 10.6 Å². The second-order valence-electron chi connectivity index (χ2n) is 10.5. The lowest BCUT2D eigenvalue weighted by Crippen LogP contribution is -2.57. The third-order valence-electron chi connectivity index (χ3n) is 8.45. The normalized spacial score (nSPS) is 25.1. The SMILES string of the molecule is O=C(COC(=O)c1ccc(N2C(=O)[C@@H]3[C@@H](C2=O)C2(Cl)c4ccccc4C3(Cl)c3ccccc32)cc1)c1ccc(Cl)cc1. The molecule has 1 heterocycles. The Morgan fingerprint density at radius 3 is 1.55 bits per heavy atom. The third-order valence-corrected chi connectivity index (χ3v) is 9.98. The number of benzene rings is 4. The van der Waals surface area contributed by atoms with Crippen molar-refractivity contribution in [3.63, 3.8) is 0 Å². The molecule has 0 N–H and O–H groups in total. The molecule has 0 radical (unpaired) electrons. The van der Waals surface area contributed by atoms with Crippen LogP contribution in [0.2, 0.25) is 5.02 Å². The quantitative estimate of drug-likeness (QED) is 0.111. The lowest BCUT2D eigenvalue weighted by atomic mass is 9.54. The van der Waals surface area contributed by atoms with Crippen LogP contribution >= 0.6 is 34.8 Å². The van der Waals surface area contributed by atoms with Crippen molar-refractivity contribution in [2.24, 2.45) is 11.8 Å². The summed E-state index contributed by atoms with van der Waals surface area (Å²) in [5.74, 6) is -3.89. The molecule has 4 aromatic carbocycles. The molecule has 2 bridgehead atoms. The summed E-state index contributed by atoms with van der Waals surface area (Å²) in [7, 11) is 0. The Hall–Kier alpha value is -3.97. The van der Waals surface area contributed by atoms with Gasteiger partial charge in [-0.1, -0.05) is 60.1 Å². The topological polar surface area (TPSA) is 80.8 Å². The summed E-state index contributed by atoms with van der Waals surface area (Å²) in [6.07, 6.45) is 0. The fourth-order valence-corrected chi connectivity index (χ4v) is 7.83. The van der Waals surface area contributed by atoms with Gasteiger partial charge in [-0.15, -0.1) is 23.2 Å². The molecular formula is C33H20Cl3NO5. The summed E-state index contributed by atoms with van der Waals surface area (Å²) < 4.78 is 5.19. The Kier molecular flexibility index (Phi) is 6.10. The first kappa shape index (κ1) is 26.9. The number of ketones is 1. The van der Waals surface area contributed by atoms with Gasteiger partial charge in [-0.2, -0.15) is 0 Å². The van der Waals surface area contributed by atoms with Crippen LogP contribution in [0.1, 0.15) is 43.0 Å². The van der Waals surface area contributed by atoms with E-state index >= 15 is 0 Å². The van der Waals surface area contributed by atoms with E-state index in [-0.39, 0.29) is 17.0 Å². The van der Waals surface area contributed by atoms with Gasteiger partial charge >= 0.3 is 5.97 Å². The van der Waals surface area contributed by atoms with Crippen molar-refractivity contribution in [3.05, 3.63) is 135 Å². The summed E-state index contributed by atoms with van der Waals surface area (Å²) in [4.78, 5) is 51.7. The Labute approximate surface area is 255 Å². The smallest absolute Gasteiger partial charge is 0.338 e. The van der Waals surface area contributed by atoms with Gasteiger partial charge in [0.25, 0.3) is 0 Å². The van der Waals surface area contributed by atoms with Crippen LogP contribution in [-0.4, -0.2) is 30.2 Å². The lowest BCUT2D eigenvalue weighted by molar-refractivity contribution is -0.122. The Morgan fingerprint density at radius 2 is 1.10 bits per heavy atom. The largest absolute Gasteiger partial charge is 0.454 e. The maximum atomic E-state index is 14.1. The minimum Gasteiger partial charge on any atom is -0.454 e. The number of amides is 2. The molecule has 8 rings (SSSR count). The fraction of sp³-hybridized carbons (Fsp3) is 0.152. The molecule has 1 aliphatic heterocycles. The molecule has 0 aromatic heterocycles. The molecule has 0 saturated carbocycles. The predicted octanol–water partition coefficient (Wildman–Crippen LogP) is 6.48. The van der Waals surface area contributed by atoms with Crippen LogP contribution in [-0.2, 0) is 24.1 Å². The van der Waals surface area contributed by atoms with Crippen molar-refractivity contribution in [2.75, 3.05) is 11.5 Å². The van der Waals surface area contributed by atoms with Gasteiger partial charge in [0.15, 0.2) is 12.4 Å². The second-order valence-corrected chi connectivity index (χ2v) is 12.2. The average molecular weight is 617 g/mol. The highest BCUT2D eigenvalue weighted by atomic mass is 35.5. The van der Waals surface area contributed by atoms with E-state index in [4.69, 9.17) is 39.5 Å². The van der Waals surface area contributed by atoms with Gasteiger partial charge in [-0.05, 0) is 70.8 Å². The standard InChI is InChI=1S/C33H20Cl3NO5/c34-20-13-9-18(10-14-20)26(38)17-42-31(41)19-11-15-21(16-12-19)37-29(39)27-28(30(37)40)33(36)23-6-2-1-5-22(23)32(27,35)24-7-3-4-8-25(24)33/h1-16,27-28H,17H2/t27-,28-,32?,33?/m0/s1. The van der Waals surface area contributed by atoms with Gasteiger partial charge in [0.1, 0.15) is 9.75 Å². The molecule has 0 unspecified atom stereocenters. The van der Waals surface area contributed by atoms with Crippen LogP contribution in [0.4, 0.5) is 5.69 Å². The number of carbonyl (C=O) groups is 4. The summed E-state index contributed by atoms with van der Waals surface area (Å²) in [5, 5.41) is 0.488. The first-order chi connectivity index (χ1) is 20.2. The number of hydrogen-bond acceptors (Lipinski definition) is 5. The van der Waals surface area contributed by atoms with Gasteiger partial charge < -0.3 is 4.74 Å². The number of carbonyl (C=O) groups excluding carboxylic acids is 4. The fourth-order valence-electron chi connectivity index (χ4n) is 6.60. The summed E-state index contributed by atoms with van der Waals surface area (Å²) in [6, 6.07) is 27.0. The van der Waals surface area contributed by atoms with E-state index in [0.717, 1.165) is 27.2 Å². The summed E-state index contributed by atoms with van der Waals surface area (Å²) in [6.45, 7) is -0.453. The number of Topliss-reactive ketones (excluding diaryl/α,β-unsaturated/α-hetero) is 1. The molecule has 9 heteroatoms. The molecule has 2 atom stereocenters. The predicted molar refractivity (Wildman–Crippen MR) is 158 cm³/mol. The molecule has 1 saturated heterocycles. The maximum absolute atomic E-state index is 14.1. The lowest BCUT2D eigenvalue weighted by Gasteiger charge is -2.54. The number of hydrogen-bond donors (Lipinski definition) is 0. The zero-order valence-electron chi connectivity index (χ0n) is 21.7. The second kappa shape index (κ2) is 9.53. The monoisotopic (exact) mass is 615 g/mol. The molecule has 0 spiro atoms. The van der Waals surface area contributed by atoms with Crippen LogP contribution in [0.15, 0.2) is 97.1 Å². The molecule has 4 aromatic rings. The van der Waals surface area contributed by atoms with Gasteiger partial charge in [0.2, 0.25) is 11.8 Å². The number of rotatable bonds is 5. The minimum absolute atomic E-state index is 0.154. The van der Waals surface area contributed by atoms with Crippen LogP contribution in [0.5, 0.6) is 0 Å². The number of ether oxygens (including phenoxy) is 1. The Morgan fingerprint density at radius 1 is 0.667 bits per heavy atom. The summed E-state index contributed by atoms with van der Waals surface area (Å²) in [5.41, 5.74) is 3.67. The van der Waals surface area contributed by atoms with E-state index < -0.39 is 46.0 Å². The molecule has 42 heavy (non-hydrogen) atoms. The van der Waals surface area contributed by atoms with Crippen molar-refractivity contribution in [3.8, 4) is 0 Å². The number of halogens is 3. The van der Waals surface area contributed by atoms with E-state index in [1.54, 1.807) is 24.3 Å². The zero-order chi connectivity index (χ0) is 29.4. The van der Waals surface area contributed by atoms with Crippen molar-refractivity contribution in [1.29, 1.82) is 0 Å². The zero-order valence-corrected chi connectivity index (χ0v) is 24.0.